The van der Waals surface area contributed by atoms with Crippen LogP contribution in [0.3, 0.4) is 0 Å². The smallest absolute Gasteiger partial charge is 0.263 e. The summed E-state index contributed by atoms with van der Waals surface area (Å²) in [6.07, 6.45) is 3.27. The van der Waals surface area contributed by atoms with Crippen molar-refractivity contribution in [2.45, 2.75) is 12.8 Å². The van der Waals surface area contributed by atoms with E-state index < -0.39 is 0 Å². The molecular weight excluding hydrogens is 378 g/mol. The van der Waals surface area contributed by atoms with Crippen molar-refractivity contribution in [2.24, 2.45) is 5.92 Å². The number of pyridine rings is 1. The van der Waals surface area contributed by atoms with E-state index >= 15 is 0 Å². The van der Waals surface area contributed by atoms with Crippen LogP contribution in [0.25, 0.3) is 0 Å². The highest BCUT2D eigenvalue weighted by atomic mass is 79.9. The third kappa shape index (κ3) is 3.97. The minimum Gasteiger partial charge on any atom is -0.337 e. The highest BCUT2D eigenvalue weighted by molar-refractivity contribution is 9.10. The Morgan fingerprint density at radius 2 is 2.22 bits per heavy atom. The Morgan fingerprint density at radius 1 is 1.35 bits per heavy atom. The van der Waals surface area contributed by atoms with Gasteiger partial charge in [-0.1, -0.05) is 6.07 Å². The summed E-state index contributed by atoms with van der Waals surface area (Å²) in [6.45, 7) is 1.16. The lowest BCUT2D eigenvalue weighted by Gasteiger charge is -2.31. The third-order valence-electron chi connectivity index (χ3n) is 3.79. The molecule has 0 aromatic carbocycles. The fourth-order valence-corrected chi connectivity index (χ4v) is 3.54. The Hall–Kier alpha value is -1.73. The van der Waals surface area contributed by atoms with Crippen LogP contribution in [0, 0.1) is 5.92 Å². The first-order valence-electron chi connectivity index (χ1n) is 7.38. The monoisotopic (exact) mass is 393 g/mol. The highest BCUT2D eigenvalue weighted by Gasteiger charge is 2.29. The van der Waals surface area contributed by atoms with E-state index in [4.69, 9.17) is 0 Å². The van der Waals surface area contributed by atoms with Crippen molar-refractivity contribution in [3.63, 3.8) is 0 Å². The molecule has 1 aliphatic rings. The Labute approximate surface area is 146 Å². The second-order valence-corrected chi connectivity index (χ2v) is 7.28. The van der Waals surface area contributed by atoms with Crippen molar-refractivity contribution < 1.29 is 9.59 Å². The van der Waals surface area contributed by atoms with E-state index in [0.717, 1.165) is 22.2 Å². The summed E-state index contributed by atoms with van der Waals surface area (Å²) in [5.41, 5.74) is 0. The molecule has 1 N–H and O–H groups in total. The molecule has 23 heavy (non-hydrogen) atoms. The minimum absolute atomic E-state index is 0.0132. The Bertz CT molecular complexity index is 688. The van der Waals surface area contributed by atoms with Crippen molar-refractivity contribution in [2.75, 3.05) is 18.4 Å². The van der Waals surface area contributed by atoms with Crippen molar-refractivity contribution >= 4 is 44.9 Å². The zero-order chi connectivity index (χ0) is 16.2. The molecule has 1 aliphatic heterocycles. The average molecular weight is 394 g/mol. The van der Waals surface area contributed by atoms with E-state index in [1.165, 1.54) is 11.3 Å². The molecule has 0 spiro atoms. The number of hydrogen-bond acceptors (Lipinski definition) is 4. The van der Waals surface area contributed by atoms with Crippen LogP contribution >= 0.6 is 27.3 Å². The zero-order valence-corrected chi connectivity index (χ0v) is 14.8. The Morgan fingerprint density at radius 3 is 2.91 bits per heavy atom. The van der Waals surface area contributed by atoms with Crippen LogP contribution in [0.15, 0.2) is 40.3 Å². The summed E-state index contributed by atoms with van der Waals surface area (Å²) in [4.78, 5) is 31.5. The van der Waals surface area contributed by atoms with Crippen LogP contribution in [-0.4, -0.2) is 34.8 Å². The SMILES string of the molecule is O=C(Nc1ccc(Br)cn1)C1CCCN(C(=O)c2cccs2)C1. The molecule has 1 saturated heterocycles. The fraction of sp³-hybridized carbons (Fsp3) is 0.312. The molecule has 0 bridgehead atoms. The lowest BCUT2D eigenvalue weighted by atomic mass is 9.97. The van der Waals surface area contributed by atoms with Crippen molar-refractivity contribution in [1.82, 2.24) is 9.88 Å². The Kier molecular flexibility index (Phi) is 5.07. The molecule has 120 valence electrons. The molecule has 5 nitrogen and oxygen atoms in total. The summed E-state index contributed by atoms with van der Waals surface area (Å²) in [7, 11) is 0. The lowest BCUT2D eigenvalue weighted by Crippen LogP contribution is -2.43. The number of halogens is 1. The fourth-order valence-electron chi connectivity index (χ4n) is 2.61. The summed E-state index contributed by atoms with van der Waals surface area (Å²) < 4.78 is 0.862. The predicted octanol–water partition coefficient (Wildman–Crippen LogP) is 3.40. The van der Waals surface area contributed by atoms with E-state index in [9.17, 15) is 9.59 Å². The topological polar surface area (TPSA) is 62.3 Å². The number of nitrogens with one attached hydrogen (secondary N) is 1. The number of likely N-dealkylation sites (tertiary alicyclic amines) is 1. The van der Waals surface area contributed by atoms with Crippen LogP contribution < -0.4 is 5.32 Å². The first kappa shape index (κ1) is 16.1. The predicted molar refractivity (Wildman–Crippen MR) is 93.5 cm³/mol. The first-order valence-corrected chi connectivity index (χ1v) is 9.06. The first-order chi connectivity index (χ1) is 11.1. The van der Waals surface area contributed by atoms with Crippen LogP contribution in [-0.2, 0) is 4.79 Å². The largest absolute Gasteiger partial charge is 0.337 e. The number of anilines is 1. The number of piperidine rings is 1. The van der Waals surface area contributed by atoms with Gasteiger partial charge in [-0.05, 0) is 52.4 Å². The Balaban J connectivity index is 1.62. The maximum Gasteiger partial charge on any atom is 0.263 e. The van der Waals surface area contributed by atoms with Crippen molar-refractivity contribution in [3.05, 3.63) is 45.2 Å². The zero-order valence-electron chi connectivity index (χ0n) is 12.4. The van der Waals surface area contributed by atoms with Crippen LogP contribution in [0.5, 0.6) is 0 Å². The van der Waals surface area contributed by atoms with Gasteiger partial charge in [-0.2, -0.15) is 0 Å². The maximum absolute atomic E-state index is 12.4. The van der Waals surface area contributed by atoms with Gasteiger partial charge < -0.3 is 10.2 Å². The van der Waals surface area contributed by atoms with Gasteiger partial charge in [0.2, 0.25) is 5.91 Å². The van der Waals surface area contributed by atoms with Gasteiger partial charge in [0.25, 0.3) is 5.91 Å². The van der Waals surface area contributed by atoms with Crippen LogP contribution in [0.2, 0.25) is 0 Å². The molecule has 2 aromatic heterocycles. The standard InChI is InChI=1S/C16H16BrN3O2S/c17-12-5-6-14(18-9-12)19-15(21)11-3-1-7-20(10-11)16(22)13-4-2-8-23-13/h2,4-6,8-9,11H,1,3,7,10H2,(H,18,19,21). The molecule has 1 unspecified atom stereocenters. The van der Waals surface area contributed by atoms with E-state index in [0.29, 0.717) is 18.9 Å². The molecule has 0 aliphatic carbocycles. The van der Waals surface area contributed by atoms with Gasteiger partial charge in [0.05, 0.1) is 10.8 Å². The number of carbonyl (C=O) groups excluding carboxylic acids is 2. The van der Waals surface area contributed by atoms with Crippen molar-refractivity contribution in [1.29, 1.82) is 0 Å². The summed E-state index contributed by atoms with van der Waals surface area (Å²) >= 11 is 4.74. The molecule has 3 rings (SSSR count). The maximum atomic E-state index is 12.4. The van der Waals surface area contributed by atoms with Crippen molar-refractivity contribution in [3.8, 4) is 0 Å². The van der Waals surface area contributed by atoms with E-state index in [1.54, 1.807) is 17.2 Å². The number of rotatable bonds is 3. The van der Waals surface area contributed by atoms with E-state index in [1.807, 2.05) is 23.6 Å². The number of thiophene rings is 1. The van der Waals surface area contributed by atoms with Gasteiger partial charge in [-0.3, -0.25) is 9.59 Å². The second kappa shape index (κ2) is 7.23. The molecule has 7 heteroatoms. The minimum atomic E-state index is -0.196. The molecule has 2 amide bonds. The van der Waals surface area contributed by atoms with E-state index in [2.05, 4.69) is 26.2 Å². The summed E-state index contributed by atoms with van der Waals surface area (Å²) in [5.74, 6) is 0.265. The highest BCUT2D eigenvalue weighted by Crippen LogP contribution is 2.22. The van der Waals surface area contributed by atoms with Gasteiger partial charge >= 0.3 is 0 Å². The molecule has 0 radical (unpaired) electrons. The molecular formula is C16H16BrN3O2S. The number of carbonyl (C=O) groups is 2. The third-order valence-corrected chi connectivity index (χ3v) is 5.12. The average Bonchev–Trinajstić information content (AvgIpc) is 3.11. The quantitative estimate of drug-likeness (QED) is 0.868. The summed E-state index contributed by atoms with van der Waals surface area (Å²) in [5, 5.41) is 4.72. The molecule has 0 saturated carbocycles. The van der Waals surface area contributed by atoms with Crippen LogP contribution in [0.1, 0.15) is 22.5 Å². The van der Waals surface area contributed by atoms with Gasteiger partial charge in [-0.15, -0.1) is 11.3 Å². The number of aromatic nitrogens is 1. The molecule has 1 fully saturated rings. The molecule has 1 atom stereocenters. The number of amides is 2. The van der Waals surface area contributed by atoms with E-state index in [-0.39, 0.29) is 17.7 Å². The number of hydrogen-bond donors (Lipinski definition) is 1. The normalized spacial score (nSPS) is 17.8. The van der Waals surface area contributed by atoms with Gasteiger partial charge in [0.15, 0.2) is 0 Å². The van der Waals surface area contributed by atoms with Gasteiger partial charge in [-0.25, -0.2) is 4.98 Å². The second-order valence-electron chi connectivity index (χ2n) is 5.42. The number of nitrogens with zero attached hydrogens (tertiary/aromatic N) is 2. The van der Waals surface area contributed by atoms with Crippen LogP contribution in [0.4, 0.5) is 5.82 Å². The molecule has 2 aromatic rings. The van der Waals surface area contributed by atoms with Gasteiger partial charge in [0, 0.05) is 23.8 Å². The van der Waals surface area contributed by atoms with Gasteiger partial charge in [0.1, 0.15) is 5.82 Å². The summed E-state index contributed by atoms with van der Waals surface area (Å²) in [6, 6.07) is 7.27. The molecule has 3 heterocycles. The lowest BCUT2D eigenvalue weighted by molar-refractivity contribution is -0.121.